The van der Waals surface area contributed by atoms with Crippen molar-refractivity contribution in [1.82, 2.24) is 15.3 Å². The van der Waals surface area contributed by atoms with Gasteiger partial charge < -0.3 is 19.9 Å². The molecule has 0 atom stereocenters. The summed E-state index contributed by atoms with van der Waals surface area (Å²) in [5, 5.41) is 3.04. The van der Waals surface area contributed by atoms with Crippen LogP contribution in [-0.4, -0.2) is 42.2 Å². The molecule has 1 saturated heterocycles. The summed E-state index contributed by atoms with van der Waals surface area (Å²) in [5.41, 5.74) is 6.42. The zero-order chi connectivity index (χ0) is 22.5. The number of hydrogen-bond donors (Lipinski definition) is 2. The van der Waals surface area contributed by atoms with Crippen LogP contribution in [0.15, 0.2) is 72.8 Å². The number of fused-ring (bicyclic) bond motifs is 1. The summed E-state index contributed by atoms with van der Waals surface area (Å²) < 4.78 is 5.41. The number of imidazole rings is 1. The second kappa shape index (κ2) is 9.88. The number of H-pyrrole nitrogens is 1. The molecule has 6 heteroatoms. The van der Waals surface area contributed by atoms with E-state index in [2.05, 4.69) is 56.6 Å². The Morgan fingerprint density at radius 3 is 2.52 bits per heavy atom. The highest BCUT2D eigenvalue weighted by atomic mass is 16.5. The van der Waals surface area contributed by atoms with Crippen LogP contribution in [0.2, 0.25) is 0 Å². The van der Waals surface area contributed by atoms with Crippen molar-refractivity contribution in [2.45, 2.75) is 19.4 Å². The van der Waals surface area contributed by atoms with E-state index in [0.29, 0.717) is 19.4 Å². The molecule has 5 rings (SSSR count). The van der Waals surface area contributed by atoms with Gasteiger partial charge in [0.25, 0.3) is 0 Å². The number of carbonyl (C=O) groups excluding carboxylic acids is 1. The Balaban J connectivity index is 1.13. The molecule has 0 radical (unpaired) electrons. The number of benzene rings is 3. The Labute approximate surface area is 193 Å². The monoisotopic (exact) mass is 440 g/mol. The van der Waals surface area contributed by atoms with E-state index in [1.54, 1.807) is 0 Å². The van der Waals surface area contributed by atoms with Gasteiger partial charge in [0, 0.05) is 37.3 Å². The van der Waals surface area contributed by atoms with Gasteiger partial charge in [-0.3, -0.25) is 4.79 Å². The number of nitrogens with zero attached hydrogens (tertiary/aromatic N) is 2. The lowest BCUT2D eigenvalue weighted by molar-refractivity contribution is -0.121. The molecule has 0 bridgehead atoms. The molecule has 0 unspecified atom stereocenters. The lowest BCUT2D eigenvalue weighted by atomic mass is 10.1. The maximum Gasteiger partial charge on any atom is 0.220 e. The smallest absolute Gasteiger partial charge is 0.220 e. The second-order valence-electron chi connectivity index (χ2n) is 8.35. The number of aryl methyl sites for hydroxylation is 1. The molecule has 0 spiro atoms. The molecule has 0 saturated carbocycles. The molecule has 1 aliphatic heterocycles. The molecule has 0 aliphatic carbocycles. The first-order chi connectivity index (χ1) is 16.2. The van der Waals surface area contributed by atoms with Crippen LogP contribution in [0.3, 0.4) is 0 Å². The van der Waals surface area contributed by atoms with Crippen LogP contribution in [0, 0.1) is 0 Å². The molecule has 1 aliphatic rings. The van der Waals surface area contributed by atoms with E-state index in [4.69, 9.17) is 4.74 Å². The largest absolute Gasteiger partial charge is 0.378 e. The first-order valence-corrected chi connectivity index (χ1v) is 11.5. The maximum atomic E-state index is 12.4. The third kappa shape index (κ3) is 5.23. The number of carbonyl (C=O) groups is 1. The van der Waals surface area contributed by atoms with Crippen LogP contribution in [0.5, 0.6) is 0 Å². The van der Waals surface area contributed by atoms with Gasteiger partial charge in [-0.2, -0.15) is 0 Å². The highest BCUT2D eigenvalue weighted by molar-refractivity contribution is 5.80. The van der Waals surface area contributed by atoms with Gasteiger partial charge in [0.05, 0.1) is 24.2 Å². The highest BCUT2D eigenvalue weighted by Crippen LogP contribution is 2.21. The van der Waals surface area contributed by atoms with Crippen LogP contribution >= 0.6 is 0 Å². The summed E-state index contributed by atoms with van der Waals surface area (Å²) in [7, 11) is 0. The number of aromatic nitrogens is 2. The number of aromatic amines is 1. The third-order valence-corrected chi connectivity index (χ3v) is 6.04. The molecule has 2 heterocycles. The minimum absolute atomic E-state index is 0.0574. The fourth-order valence-electron chi connectivity index (χ4n) is 4.14. The predicted octanol–water partition coefficient (Wildman–Crippen LogP) is 4.32. The lowest BCUT2D eigenvalue weighted by Gasteiger charge is -2.28. The van der Waals surface area contributed by atoms with Crippen molar-refractivity contribution in [3.8, 4) is 11.4 Å². The predicted molar refractivity (Wildman–Crippen MR) is 131 cm³/mol. The summed E-state index contributed by atoms with van der Waals surface area (Å²) in [6.07, 6.45) is 1.15. The van der Waals surface area contributed by atoms with Crippen molar-refractivity contribution in [3.05, 3.63) is 83.9 Å². The molecule has 1 fully saturated rings. The summed E-state index contributed by atoms with van der Waals surface area (Å²) in [6.45, 7) is 3.95. The van der Waals surface area contributed by atoms with Gasteiger partial charge in [-0.1, -0.05) is 48.5 Å². The summed E-state index contributed by atoms with van der Waals surface area (Å²) >= 11 is 0. The number of rotatable bonds is 7. The quantitative estimate of drug-likeness (QED) is 0.449. The molecule has 1 amide bonds. The zero-order valence-electron chi connectivity index (χ0n) is 18.6. The van der Waals surface area contributed by atoms with E-state index in [9.17, 15) is 4.79 Å². The Morgan fingerprint density at radius 1 is 0.970 bits per heavy atom. The van der Waals surface area contributed by atoms with Crippen molar-refractivity contribution < 1.29 is 9.53 Å². The minimum Gasteiger partial charge on any atom is -0.378 e. The van der Waals surface area contributed by atoms with Crippen LogP contribution in [0.1, 0.15) is 17.5 Å². The van der Waals surface area contributed by atoms with Crippen molar-refractivity contribution in [1.29, 1.82) is 0 Å². The Kier molecular flexibility index (Phi) is 6.35. The van der Waals surface area contributed by atoms with Crippen molar-refractivity contribution in [3.63, 3.8) is 0 Å². The molecule has 168 valence electrons. The topological polar surface area (TPSA) is 70.2 Å². The zero-order valence-corrected chi connectivity index (χ0v) is 18.6. The number of nitrogens with one attached hydrogen (secondary N) is 2. The number of morpholine rings is 1. The van der Waals surface area contributed by atoms with Gasteiger partial charge in [0.1, 0.15) is 5.82 Å². The highest BCUT2D eigenvalue weighted by Gasteiger charge is 2.11. The van der Waals surface area contributed by atoms with E-state index in [-0.39, 0.29) is 5.91 Å². The number of anilines is 1. The fourth-order valence-corrected chi connectivity index (χ4v) is 4.14. The number of hydrogen-bond acceptors (Lipinski definition) is 4. The van der Waals surface area contributed by atoms with E-state index < -0.39 is 0 Å². The van der Waals surface area contributed by atoms with Gasteiger partial charge in [-0.15, -0.1) is 0 Å². The molecule has 2 N–H and O–H groups in total. The molecule has 6 nitrogen and oxygen atoms in total. The van der Waals surface area contributed by atoms with Crippen molar-refractivity contribution >= 4 is 22.6 Å². The molecule has 3 aromatic carbocycles. The van der Waals surface area contributed by atoms with Gasteiger partial charge >= 0.3 is 0 Å². The SMILES string of the molecule is O=C(CCc1ccc2nc(-c3ccccc3)[nH]c2c1)NCc1ccc(N2CCOCC2)cc1. The average molecular weight is 441 g/mol. The van der Waals surface area contributed by atoms with Crippen LogP contribution in [0.25, 0.3) is 22.4 Å². The Bertz CT molecular complexity index is 1210. The van der Waals surface area contributed by atoms with Gasteiger partial charge in [0.2, 0.25) is 5.91 Å². The average Bonchev–Trinajstić information content (AvgIpc) is 3.31. The van der Waals surface area contributed by atoms with Crippen LogP contribution in [-0.2, 0) is 22.5 Å². The lowest BCUT2D eigenvalue weighted by Crippen LogP contribution is -2.36. The van der Waals surface area contributed by atoms with Gasteiger partial charge in [0.15, 0.2) is 0 Å². The van der Waals surface area contributed by atoms with E-state index in [0.717, 1.165) is 59.9 Å². The number of ether oxygens (including phenoxy) is 1. The third-order valence-electron chi connectivity index (χ3n) is 6.04. The van der Waals surface area contributed by atoms with Gasteiger partial charge in [-0.05, 0) is 41.8 Å². The summed E-state index contributed by atoms with van der Waals surface area (Å²) in [6, 6.07) is 24.7. The van der Waals surface area contributed by atoms with E-state index in [1.165, 1.54) is 5.69 Å². The normalized spacial score (nSPS) is 13.9. The molecular weight excluding hydrogens is 412 g/mol. The van der Waals surface area contributed by atoms with Crippen molar-refractivity contribution in [2.24, 2.45) is 0 Å². The first kappa shape index (κ1) is 21.2. The molecular formula is C27H28N4O2. The second-order valence-corrected chi connectivity index (χ2v) is 8.35. The Hall–Kier alpha value is -3.64. The maximum absolute atomic E-state index is 12.4. The summed E-state index contributed by atoms with van der Waals surface area (Å²) in [4.78, 5) is 22.8. The molecule has 4 aromatic rings. The van der Waals surface area contributed by atoms with E-state index >= 15 is 0 Å². The Morgan fingerprint density at radius 2 is 1.73 bits per heavy atom. The van der Waals surface area contributed by atoms with E-state index in [1.807, 2.05) is 36.4 Å². The summed E-state index contributed by atoms with van der Waals surface area (Å²) in [5.74, 6) is 0.919. The number of amides is 1. The fraction of sp³-hybridized carbons (Fsp3) is 0.259. The standard InChI is InChI=1S/C27H28N4O2/c32-26(28-19-21-6-10-23(11-7-21)31-14-16-33-17-15-31)13-9-20-8-12-24-25(18-20)30-27(29-24)22-4-2-1-3-5-22/h1-8,10-12,18H,9,13-17,19H2,(H,28,32)(H,29,30). The van der Waals surface area contributed by atoms with Gasteiger partial charge in [-0.25, -0.2) is 4.98 Å². The van der Waals surface area contributed by atoms with Crippen molar-refractivity contribution in [2.75, 3.05) is 31.2 Å². The van der Waals surface area contributed by atoms with Crippen LogP contribution < -0.4 is 10.2 Å². The molecule has 33 heavy (non-hydrogen) atoms. The first-order valence-electron chi connectivity index (χ1n) is 11.5. The molecule has 1 aromatic heterocycles. The minimum atomic E-state index is 0.0574. The van der Waals surface area contributed by atoms with Crippen LogP contribution in [0.4, 0.5) is 5.69 Å².